The smallest absolute Gasteiger partial charge is 0.231 e. The highest BCUT2D eigenvalue weighted by Crippen LogP contribution is 2.19. The molecule has 2 rings (SSSR count). The van der Waals surface area contributed by atoms with Crippen molar-refractivity contribution in [2.75, 3.05) is 26.2 Å². The van der Waals surface area contributed by atoms with E-state index in [1.807, 2.05) is 11.8 Å². The van der Waals surface area contributed by atoms with Crippen molar-refractivity contribution in [1.82, 2.24) is 19.9 Å². The summed E-state index contributed by atoms with van der Waals surface area (Å²) in [6.07, 6.45) is 2.45. The molecule has 2 amide bonds. The molecule has 1 aromatic rings. The van der Waals surface area contributed by atoms with Crippen LogP contribution in [-0.2, 0) is 22.6 Å². The van der Waals surface area contributed by atoms with Crippen molar-refractivity contribution in [2.45, 2.75) is 46.6 Å². The maximum atomic E-state index is 12.8. The Kier molecular flexibility index (Phi) is 6.92. The Bertz CT molecular complexity index is 587. The van der Waals surface area contributed by atoms with E-state index in [0.717, 1.165) is 25.8 Å². The fraction of sp³-hybridized carbons (Fsp3) is 0.765. The molecule has 1 aliphatic rings. The lowest BCUT2D eigenvalue weighted by atomic mass is 9.96. The standard InChI is InChI=1S/C17H29N5O3/c1-4-22(11-15-19-16(25-20-15)8-12(2)3)17(24)13-6-5-7-21(9-13)10-14(18)23/h12-13H,4-11H2,1-3H3,(H2,18,23). The monoisotopic (exact) mass is 351 g/mol. The molecule has 1 aliphatic heterocycles. The van der Waals surface area contributed by atoms with Crippen molar-refractivity contribution in [3.8, 4) is 0 Å². The Hall–Kier alpha value is -1.96. The molecule has 140 valence electrons. The summed E-state index contributed by atoms with van der Waals surface area (Å²) in [5.74, 6) is 1.19. The normalized spacial score (nSPS) is 18.5. The van der Waals surface area contributed by atoms with E-state index in [9.17, 15) is 9.59 Å². The average molecular weight is 351 g/mol. The predicted octanol–water partition coefficient (Wildman–Crippen LogP) is 0.814. The molecule has 8 nitrogen and oxygen atoms in total. The first-order valence-electron chi connectivity index (χ1n) is 9.00. The maximum absolute atomic E-state index is 12.8. The predicted molar refractivity (Wildman–Crippen MR) is 92.3 cm³/mol. The van der Waals surface area contributed by atoms with Gasteiger partial charge >= 0.3 is 0 Å². The fourth-order valence-electron chi connectivity index (χ4n) is 3.18. The van der Waals surface area contributed by atoms with Gasteiger partial charge in [-0.3, -0.25) is 14.5 Å². The molecule has 1 atom stereocenters. The van der Waals surface area contributed by atoms with Crippen LogP contribution >= 0.6 is 0 Å². The van der Waals surface area contributed by atoms with E-state index in [1.165, 1.54) is 0 Å². The minimum Gasteiger partial charge on any atom is -0.369 e. The number of aromatic nitrogens is 2. The Morgan fingerprint density at radius 1 is 1.44 bits per heavy atom. The highest BCUT2D eigenvalue weighted by molar-refractivity contribution is 5.79. The Morgan fingerprint density at radius 2 is 2.20 bits per heavy atom. The lowest BCUT2D eigenvalue weighted by Gasteiger charge is -2.33. The van der Waals surface area contributed by atoms with Crippen LogP contribution in [0.1, 0.15) is 45.3 Å². The number of carbonyl (C=O) groups excluding carboxylic acids is 2. The van der Waals surface area contributed by atoms with Gasteiger partial charge in [0, 0.05) is 19.5 Å². The summed E-state index contributed by atoms with van der Waals surface area (Å²) < 4.78 is 5.25. The number of likely N-dealkylation sites (tertiary alicyclic amines) is 1. The molecule has 1 fully saturated rings. The largest absolute Gasteiger partial charge is 0.369 e. The number of primary amides is 1. The van der Waals surface area contributed by atoms with Crippen LogP contribution in [0.25, 0.3) is 0 Å². The number of hydrogen-bond acceptors (Lipinski definition) is 6. The van der Waals surface area contributed by atoms with Gasteiger partial charge in [0.15, 0.2) is 5.82 Å². The number of nitrogens with zero attached hydrogens (tertiary/aromatic N) is 4. The number of carbonyl (C=O) groups is 2. The Morgan fingerprint density at radius 3 is 2.84 bits per heavy atom. The Balaban J connectivity index is 1.95. The summed E-state index contributed by atoms with van der Waals surface area (Å²) in [6.45, 7) is 8.64. The first kappa shape index (κ1) is 19.4. The fourth-order valence-corrected chi connectivity index (χ4v) is 3.18. The molecule has 2 heterocycles. The zero-order valence-corrected chi connectivity index (χ0v) is 15.4. The molecule has 0 aromatic carbocycles. The lowest BCUT2D eigenvalue weighted by Crippen LogP contribution is -2.46. The topological polar surface area (TPSA) is 106 Å². The van der Waals surface area contributed by atoms with Crippen molar-refractivity contribution < 1.29 is 14.1 Å². The van der Waals surface area contributed by atoms with Gasteiger partial charge in [-0.2, -0.15) is 4.98 Å². The van der Waals surface area contributed by atoms with Crippen LogP contribution in [0.15, 0.2) is 4.52 Å². The summed E-state index contributed by atoms with van der Waals surface area (Å²) in [5, 5.41) is 3.99. The quantitative estimate of drug-likeness (QED) is 0.743. The van der Waals surface area contributed by atoms with Gasteiger partial charge in [-0.05, 0) is 32.2 Å². The van der Waals surface area contributed by atoms with Gasteiger partial charge in [-0.25, -0.2) is 0 Å². The molecule has 1 unspecified atom stereocenters. The maximum Gasteiger partial charge on any atom is 0.231 e. The van der Waals surface area contributed by atoms with Crippen LogP contribution in [-0.4, -0.2) is 57.9 Å². The average Bonchev–Trinajstić information content (AvgIpc) is 2.98. The third-order valence-corrected chi connectivity index (χ3v) is 4.35. The molecule has 0 saturated carbocycles. The van der Waals surface area contributed by atoms with Crippen molar-refractivity contribution >= 4 is 11.8 Å². The van der Waals surface area contributed by atoms with Crippen LogP contribution in [0.3, 0.4) is 0 Å². The molecule has 0 spiro atoms. The molecule has 8 heteroatoms. The first-order valence-corrected chi connectivity index (χ1v) is 9.00. The van der Waals surface area contributed by atoms with E-state index in [0.29, 0.717) is 37.3 Å². The second-order valence-corrected chi connectivity index (χ2v) is 7.10. The van der Waals surface area contributed by atoms with Gasteiger partial charge in [0.1, 0.15) is 0 Å². The van der Waals surface area contributed by atoms with Crippen molar-refractivity contribution in [3.63, 3.8) is 0 Å². The van der Waals surface area contributed by atoms with Crippen LogP contribution < -0.4 is 5.73 Å². The van der Waals surface area contributed by atoms with Crippen LogP contribution in [0, 0.1) is 11.8 Å². The molecular weight excluding hydrogens is 322 g/mol. The first-order chi connectivity index (χ1) is 11.9. The van der Waals surface area contributed by atoms with Gasteiger partial charge in [0.05, 0.1) is 19.0 Å². The second-order valence-electron chi connectivity index (χ2n) is 7.10. The minimum atomic E-state index is -0.357. The summed E-state index contributed by atoms with van der Waals surface area (Å²) in [5.41, 5.74) is 5.27. The van der Waals surface area contributed by atoms with Gasteiger partial charge in [-0.15, -0.1) is 0 Å². The van der Waals surface area contributed by atoms with Crippen LogP contribution in [0.2, 0.25) is 0 Å². The van der Waals surface area contributed by atoms with Gasteiger partial charge < -0.3 is 15.2 Å². The van der Waals surface area contributed by atoms with E-state index < -0.39 is 0 Å². The molecule has 0 radical (unpaired) electrons. The zero-order valence-electron chi connectivity index (χ0n) is 15.4. The molecular formula is C17H29N5O3. The molecule has 1 saturated heterocycles. The number of hydrogen-bond donors (Lipinski definition) is 1. The van der Waals surface area contributed by atoms with Crippen molar-refractivity contribution in [3.05, 3.63) is 11.7 Å². The summed E-state index contributed by atoms with van der Waals surface area (Å²) in [6, 6.07) is 0. The second kappa shape index (κ2) is 8.94. The number of rotatable bonds is 8. The third kappa shape index (κ3) is 5.81. The Labute approximate surface area is 148 Å². The summed E-state index contributed by atoms with van der Waals surface area (Å²) in [4.78, 5) is 32.0. The lowest BCUT2D eigenvalue weighted by molar-refractivity contribution is -0.138. The zero-order chi connectivity index (χ0) is 18.4. The molecule has 0 bridgehead atoms. The van der Waals surface area contributed by atoms with Gasteiger partial charge in [-0.1, -0.05) is 19.0 Å². The van der Waals surface area contributed by atoms with Gasteiger partial charge in [0.25, 0.3) is 0 Å². The summed E-state index contributed by atoms with van der Waals surface area (Å²) >= 11 is 0. The number of piperidine rings is 1. The number of amides is 2. The van der Waals surface area contributed by atoms with E-state index in [1.54, 1.807) is 4.90 Å². The van der Waals surface area contributed by atoms with Crippen LogP contribution in [0.4, 0.5) is 0 Å². The molecule has 25 heavy (non-hydrogen) atoms. The van der Waals surface area contributed by atoms with E-state index >= 15 is 0 Å². The van der Waals surface area contributed by atoms with E-state index in [4.69, 9.17) is 10.3 Å². The number of nitrogens with two attached hydrogens (primary N) is 1. The molecule has 0 aliphatic carbocycles. The van der Waals surface area contributed by atoms with Crippen LogP contribution in [0.5, 0.6) is 0 Å². The van der Waals surface area contributed by atoms with Crippen molar-refractivity contribution in [1.29, 1.82) is 0 Å². The third-order valence-electron chi connectivity index (χ3n) is 4.35. The SMILES string of the molecule is CCN(Cc1noc(CC(C)C)n1)C(=O)C1CCCN(CC(N)=O)C1. The van der Waals surface area contributed by atoms with E-state index in [2.05, 4.69) is 24.0 Å². The van der Waals surface area contributed by atoms with E-state index in [-0.39, 0.29) is 24.3 Å². The minimum absolute atomic E-state index is 0.0758. The summed E-state index contributed by atoms with van der Waals surface area (Å²) in [7, 11) is 0. The van der Waals surface area contributed by atoms with Gasteiger partial charge in [0.2, 0.25) is 17.7 Å². The molecule has 2 N–H and O–H groups in total. The van der Waals surface area contributed by atoms with Crippen molar-refractivity contribution in [2.24, 2.45) is 17.6 Å². The molecule has 1 aromatic heterocycles. The highest BCUT2D eigenvalue weighted by atomic mass is 16.5. The highest BCUT2D eigenvalue weighted by Gasteiger charge is 2.30.